The van der Waals surface area contributed by atoms with Crippen molar-refractivity contribution >= 4 is 16.7 Å². The van der Waals surface area contributed by atoms with Crippen LogP contribution in [0.5, 0.6) is 0 Å². The number of piperazine rings is 1. The molecule has 0 unspecified atom stereocenters. The average molecular weight is 328 g/mol. The van der Waals surface area contributed by atoms with Gasteiger partial charge in [0, 0.05) is 31.6 Å². The molecule has 1 aliphatic rings. The summed E-state index contributed by atoms with van der Waals surface area (Å²) < 4.78 is 53.0. The normalized spacial score (nSPS) is 17.0. The quantitative estimate of drug-likeness (QED) is 0.794. The molecule has 4 nitrogen and oxygen atoms in total. The summed E-state index contributed by atoms with van der Waals surface area (Å²) in [6.07, 6.45) is -4.71. The number of fused-ring (bicyclic) bond motifs is 1. The monoisotopic (exact) mass is 328 g/mol. The SMILES string of the molecule is CCN1CCN(c2nc(C(F)(F)F)nc3c(F)cccc23)CC1. The molecule has 0 aliphatic carbocycles. The lowest BCUT2D eigenvalue weighted by Crippen LogP contribution is -2.46. The summed E-state index contributed by atoms with van der Waals surface area (Å²) in [5.74, 6) is -1.93. The van der Waals surface area contributed by atoms with Crippen LogP contribution in [-0.4, -0.2) is 47.6 Å². The molecule has 0 amide bonds. The number of aromatic nitrogens is 2. The Balaban J connectivity index is 2.09. The predicted molar refractivity (Wildman–Crippen MR) is 78.8 cm³/mol. The number of hydrogen-bond acceptors (Lipinski definition) is 4. The molecule has 0 atom stereocenters. The molecular formula is C15H16F4N4. The van der Waals surface area contributed by atoms with Gasteiger partial charge in [0.15, 0.2) is 0 Å². The Hall–Kier alpha value is -1.96. The van der Waals surface area contributed by atoms with Crippen LogP contribution in [0.4, 0.5) is 23.4 Å². The summed E-state index contributed by atoms with van der Waals surface area (Å²) >= 11 is 0. The van der Waals surface area contributed by atoms with Crippen molar-refractivity contribution in [2.75, 3.05) is 37.6 Å². The van der Waals surface area contributed by atoms with Gasteiger partial charge < -0.3 is 9.80 Å². The van der Waals surface area contributed by atoms with E-state index >= 15 is 0 Å². The second kappa shape index (κ2) is 5.92. The Labute approximate surface area is 130 Å². The highest BCUT2D eigenvalue weighted by Crippen LogP contribution is 2.32. The Bertz CT molecular complexity index is 708. The van der Waals surface area contributed by atoms with Crippen LogP contribution in [0.1, 0.15) is 12.7 Å². The minimum Gasteiger partial charge on any atom is -0.353 e. The molecule has 0 bridgehead atoms. The van der Waals surface area contributed by atoms with Crippen molar-refractivity contribution in [1.29, 1.82) is 0 Å². The molecule has 8 heteroatoms. The largest absolute Gasteiger partial charge is 0.451 e. The molecule has 1 aromatic heterocycles. The number of likely N-dealkylation sites (N-methyl/N-ethyl adjacent to an activating group) is 1. The molecule has 23 heavy (non-hydrogen) atoms. The zero-order valence-electron chi connectivity index (χ0n) is 12.6. The first-order valence-electron chi connectivity index (χ1n) is 7.41. The van der Waals surface area contributed by atoms with E-state index in [-0.39, 0.29) is 11.3 Å². The maximum atomic E-state index is 13.9. The van der Waals surface area contributed by atoms with Crippen LogP contribution >= 0.6 is 0 Å². The van der Waals surface area contributed by atoms with Gasteiger partial charge in [0.05, 0.1) is 0 Å². The molecule has 2 aromatic rings. The van der Waals surface area contributed by atoms with Gasteiger partial charge in [-0.05, 0) is 18.7 Å². The van der Waals surface area contributed by atoms with E-state index in [1.165, 1.54) is 6.07 Å². The van der Waals surface area contributed by atoms with Gasteiger partial charge in [0.2, 0.25) is 5.82 Å². The number of anilines is 1. The highest BCUT2D eigenvalue weighted by Gasteiger charge is 2.36. The van der Waals surface area contributed by atoms with Gasteiger partial charge in [0.1, 0.15) is 17.2 Å². The lowest BCUT2D eigenvalue weighted by Gasteiger charge is -2.35. The second-order valence-corrected chi connectivity index (χ2v) is 5.43. The zero-order chi connectivity index (χ0) is 16.6. The average Bonchev–Trinajstić information content (AvgIpc) is 2.54. The molecule has 0 saturated carbocycles. The highest BCUT2D eigenvalue weighted by atomic mass is 19.4. The molecule has 1 aromatic carbocycles. The number of nitrogens with zero attached hydrogens (tertiary/aromatic N) is 4. The van der Waals surface area contributed by atoms with Crippen LogP contribution < -0.4 is 4.90 Å². The van der Waals surface area contributed by atoms with E-state index in [0.717, 1.165) is 25.7 Å². The van der Waals surface area contributed by atoms with Gasteiger partial charge >= 0.3 is 6.18 Å². The minimum atomic E-state index is -4.71. The van der Waals surface area contributed by atoms with Crippen molar-refractivity contribution in [1.82, 2.24) is 14.9 Å². The lowest BCUT2D eigenvalue weighted by atomic mass is 10.2. The minimum absolute atomic E-state index is 0.151. The molecule has 1 aliphatic heterocycles. The third kappa shape index (κ3) is 3.08. The van der Waals surface area contributed by atoms with E-state index in [0.29, 0.717) is 18.5 Å². The van der Waals surface area contributed by atoms with Gasteiger partial charge in [-0.2, -0.15) is 13.2 Å². The third-order valence-electron chi connectivity index (χ3n) is 4.03. The van der Waals surface area contributed by atoms with E-state index in [4.69, 9.17) is 0 Å². The zero-order valence-corrected chi connectivity index (χ0v) is 12.6. The van der Waals surface area contributed by atoms with Gasteiger partial charge in [-0.3, -0.25) is 0 Å². The summed E-state index contributed by atoms with van der Waals surface area (Å²) in [5, 5.41) is 0.308. The molecule has 3 rings (SSSR count). The van der Waals surface area contributed by atoms with Crippen molar-refractivity contribution < 1.29 is 17.6 Å². The van der Waals surface area contributed by atoms with E-state index in [2.05, 4.69) is 14.9 Å². The lowest BCUT2D eigenvalue weighted by molar-refractivity contribution is -0.144. The molecule has 1 saturated heterocycles. The first-order valence-corrected chi connectivity index (χ1v) is 7.41. The van der Waals surface area contributed by atoms with Crippen molar-refractivity contribution in [3.05, 3.63) is 29.8 Å². The van der Waals surface area contributed by atoms with E-state index in [9.17, 15) is 17.6 Å². The number of hydrogen-bond donors (Lipinski definition) is 0. The molecule has 0 N–H and O–H groups in total. The van der Waals surface area contributed by atoms with Gasteiger partial charge in [-0.25, -0.2) is 14.4 Å². The maximum Gasteiger partial charge on any atom is 0.451 e. The fourth-order valence-corrected chi connectivity index (χ4v) is 2.74. The number of alkyl halides is 3. The first-order chi connectivity index (χ1) is 10.9. The second-order valence-electron chi connectivity index (χ2n) is 5.43. The predicted octanol–water partition coefficient (Wildman–Crippen LogP) is 2.93. The van der Waals surface area contributed by atoms with E-state index in [1.54, 1.807) is 11.0 Å². The van der Waals surface area contributed by atoms with Crippen molar-refractivity contribution in [3.63, 3.8) is 0 Å². The summed E-state index contributed by atoms with van der Waals surface area (Å²) in [7, 11) is 0. The van der Waals surface area contributed by atoms with Crippen LogP contribution in [-0.2, 0) is 6.18 Å². The van der Waals surface area contributed by atoms with Gasteiger partial charge in [-0.1, -0.05) is 13.0 Å². The fraction of sp³-hybridized carbons (Fsp3) is 0.467. The number of benzene rings is 1. The topological polar surface area (TPSA) is 32.3 Å². The van der Waals surface area contributed by atoms with Crippen LogP contribution in [0.15, 0.2) is 18.2 Å². The van der Waals surface area contributed by atoms with E-state index < -0.39 is 17.8 Å². The molecule has 2 heterocycles. The Kier molecular flexibility index (Phi) is 4.09. The third-order valence-corrected chi connectivity index (χ3v) is 4.03. The van der Waals surface area contributed by atoms with Crippen LogP contribution in [0.2, 0.25) is 0 Å². The Morgan fingerprint density at radius 1 is 1.09 bits per heavy atom. The molecular weight excluding hydrogens is 312 g/mol. The first kappa shape index (κ1) is 15.9. The summed E-state index contributed by atoms with van der Waals surface area (Å²) in [4.78, 5) is 11.0. The number of rotatable bonds is 2. The van der Waals surface area contributed by atoms with Crippen LogP contribution in [0.25, 0.3) is 10.9 Å². The summed E-state index contributed by atoms with van der Waals surface area (Å²) in [6.45, 7) is 5.49. The highest BCUT2D eigenvalue weighted by molar-refractivity contribution is 5.90. The van der Waals surface area contributed by atoms with Crippen molar-refractivity contribution in [2.24, 2.45) is 0 Å². The number of para-hydroxylation sites is 1. The molecule has 0 spiro atoms. The molecule has 1 fully saturated rings. The van der Waals surface area contributed by atoms with Crippen LogP contribution in [0.3, 0.4) is 0 Å². The Morgan fingerprint density at radius 2 is 1.78 bits per heavy atom. The van der Waals surface area contributed by atoms with Crippen LogP contribution in [0, 0.1) is 5.82 Å². The van der Waals surface area contributed by atoms with Gasteiger partial charge in [0.25, 0.3) is 0 Å². The Morgan fingerprint density at radius 3 is 2.39 bits per heavy atom. The smallest absolute Gasteiger partial charge is 0.353 e. The molecule has 124 valence electrons. The van der Waals surface area contributed by atoms with Gasteiger partial charge in [-0.15, -0.1) is 0 Å². The molecule has 0 radical (unpaired) electrons. The number of halogens is 4. The standard InChI is InChI=1S/C15H16F4N4/c1-2-22-6-8-23(9-7-22)13-10-4-3-5-11(16)12(10)20-14(21-13)15(17,18)19/h3-5H,2,6-9H2,1H3. The van der Waals surface area contributed by atoms with Crippen molar-refractivity contribution in [2.45, 2.75) is 13.1 Å². The van der Waals surface area contributed by atoms with E-state index in [1.807, 2.05) is 6.92 Å². The van der Waals surface area contributed by atoms with Crippen molar-refractivity contribution in [3.8, 4) is 0 Å². The maximum absolute atomic E-state index is 13.9. The fourth-order valence-electron chi connectivity index (χ4n) is 2.74. The summed E-state index contributed by atoms with van der Waals surface area (Å²) in [5.41, 5.74) is -0.289. The summed E-state index contributed by atoms with van der Waals surface area (Å²) in [6, 6.07) is 4.12.